The molecule has 1 aliphatic rings. The van der Waals surface area contributed by atoms with E-state index in [4.69, 9.17) is 5.26 Å². The van der Waals surface area contributed by atoms with E-state index in [0.717, 1.165) is 13.0 Å². The highest BCUT2D eigenvalue weighted by Crippen LogP contribution is 2.20. The molecule has 2 nitrogen and oxygen atoms in total. The zero-order valence-electron chi connectivity index (χ0n) is 7.53. The second-order valence-electron chi connectivity index (χ2n) is 3.44. The average molecular weight is 173 g/mol. The average Bonchev–Trinajstić information content (AvgIpc) is 2.19. The first-order valence-electron chi connectivity index (χ1n) is 4.70. The van der Waals surface area contributed by atoms with Gasteiger partial charge in [-0.05, 0) is 5.56 Å². The fourth-order valence-corrected chi connectivity index (χ4v) is 1.98. The zero-order chi connectivity index (χ0) is 9.10. The van der Waals surface area contributed by atoms with Crippen LogP contribution in [0.4, 0.5) is 0 Å². The Morgan fingerprint density at radius 2 is 2.31 bits per heavy atom. The van der Waals surface area contributed by atoms with Gasteiger partial charge in [0.15, 0.2) is 0 Å². The molecule has 1 heterocycles. The molecule has 2 N–H and O–H groups in total. The lowest BCUT2D eigenvalue weighted by atomic mass is 9.93. The summed E-state index contributed by atoms with van der Waals surface area (Å²) in [5.41, 5.74) is 2.78. The number of fused-ring (bicyclic) bond motifs is 1. The Balaban J connectivity index is 2.32. The second-order valence-corrected chi connectivity index (χ2v) is 3.44. The van der Waals surface area contributed by atoms with Crippen molar-refractivity contribution in [2.24, 2.45) is 0 Å². The van der Waals surface area contributed by atoms with Crippen LogP contribution in [0.15, 0.2) is 24.3 Å². The molecule has 0 bridgehead atoms. The third-order valence-electron chi connectivity index (χ3n) is 2.63. The first-order chi connectivity index (χ1) is 6.42. The van der Waals surface area contributed by atoms with E-state index < -0.39 is 0 Å². The number of quaternary nitrogens is 1. The summed E-state index contributed by atoms with van der Waals surface area (Å²) in [6, 6.07) is 11.1. The lowest BCUT2D eigenvalue weighted by Gasteiger charge is -2.21. The molecule has 13 heavy (non-hydrogen) atoms. The molecule has 0 amide bonds. The Hall–Kier alpha value is -1.33. The Labute approximate surface area is 78.2 Å². The van der Waals surface area contributed by atoms with E-state index in [2.05, 4.69) is 35.7 Å². The standard InChI is InChI=1S/C11H12N2/c12-7-5-11-10-4-2-1-3-9(10)6-8-13-11/h1-4,11,13H,5-6,8H2/p+1/t11-/m0/s1. The van der Waals surface area contributed by atoms with E-state index >= 15 is 0 Å². The summed E-state index contributed by atoms with van der Waals surface area (Å²) in [6.07, 6.45) is 1.76. The van der Waals surface area contributed by atoms with E-state index in [1.807, 2.05) is 0 Å². The predicted molar refractivity (Wildman–Crippen MR) is 49.9 cm³/mol. The molecule has 1 aliphatic heterocycles. The van der Waals surface area contributed by atoms with Gasteiger partial charge in [0, 0.05) is 12.0 Å². The smallest absolute Gasteiger partial charge is 0.125 e. The molecule has 1 aromatic rings. The topological polar surface area (TPSA) is 40.4 Å². The first kappa shape index (κ1) is 8.28. The van der Waals surface area contributed by atoms with Gasteiger partial charge in [0.05, 0.1) is 19.0 Å². The SMILES string of the molecule is N#CC[C@@H]1[NH2+]CCc2ccccc21. The van der Waals surface area contributed by atoms with Crippen molar-refractivity contribution in [3.05, 3.63) is 35.4 Å². The highest BCUT2D eigenvalue weighted by molar-refractivity contribution is 5.30. The maximum Gasteiger partial charge on any atom is 0.125 e. The third kappa shape index (κ3) is 1.56. The van der Waals surface area contributed by atoms with Crippen LogP contribution in [-0.2, 0) is 6.42 Å². The highest BCUT2D eigenvalue weighted by atomic mass is 14.9. The molecule has 0 radical (unpaired) electrons. The van der Waals surface area contributed by atoms with Crippen LogP contribution >= 0.6 is 0 Å². The van der Waals surface area contributed by atoms with Gasteiger partial charge in [-0.3, -0.25) is 0 Å². The summed E-state index contributed by atoms with van der Waals surface area (Å²) in [4.78, 5) is 0. The molecule has 0 aliphatic carbocycles. The van der Waals surface area contributed by atoms with Crippen LogP contribution in [0.25, 0.3) is 0 Å². The van der Waals surface area contributed by atoms with E-state index in [-0.39, 0.29) is 0 Å². The summed E-state index contributed by atoms with van der Waals surface area (Å²) in [7, 11) is 0. The summed E-state index contributed by atoms with van der Waals surface area (Å²) in [5.74, 6) is 0. The van der Waals surface area contributed by atoms with Gasteiger partial charge in [0.2, 0.25) is 0 Å². The molecule has 0 aromatic heterocycles. The molecule has 2 heteroatoms. The molecular formula is C11H13N2+. The Morgan fingerprint density at radius 1 is 1.46 bits per heavy atom. The van der Waals surface area contributed by atoms with Crippen LogP contribution < -0.4 is 5.32 Å². The largest absolute Gasteiger partial charge is 0.339 e. The Kier molecular flexibility index (Phi) is 2.29. The van der Waals surface area contributed by atoms with Crippen molar-refractivity contribution >= 4 is 0 Å². The predicted octanol–water partition coefficient (Wildman–Crippen LogP) is 0.761. The van der Waals surface area contributed by atoms with Gasteiger partial charge in [0.25, 0.3) is 0 Å². The molecule has 66 valence electrons. The molecule has 0 fully saturated rings. The van der Waals surface area contributed by atoms with Gasteiger partial charge in [-0.1, -0.05) is 24.3 Å². The number of nitrogens with two attached hydrogens (primary N) is 1. The summed E-state index contributed by atoms with van der Waals surface area (Å²) >= 11 is 0. The van der Waals surface area contributed by atoms with E-state index in [1.165, 1.54) is 11.1 Å². The van der Waals surface area contributed by atoms with Crippen LogP contribution in [0.2, 0.25) is 0 Å². The van der Waals surface area contributed by atoms with Gasteiger partial charge in [0.1, 0.15) is 6.04 Å². The first-order valence-corrected chi connectivity index (χ1v) is 4.70. The summed E-state index contributed by atoms with van der Waals surface area (Å²) < 4.78 is 0. The van der Waals surface area contributed by atoms with Crippen molar-refractivity contribution in [1.29, 1.82) is 5.26 Å². The molecule has 0 saturated carbocycles. The lowest BCUT2D eigenvalue weighted by Crippen LogP contribution is -2.87. The molecule has 1 atom stereocenters. The van der Waals surface area contributed by atoms with Crippen molar-refractivity contribution in [1.82, 2.24) is 0 Å². The fourth-order valence-electron chi connectivity index (χ4n) is 1.98. The minimum absolute atomic E-state index is 0.370. The molecule has 2 rings (SSSR count). The summed E-state index contributed by atoms with van der Waals surface area (Å²) in [5, 5.41) is 10.9. The van der Waals surface area contributed by atoms with Crippen molar-refractivity contribution in [3.63, 3.8) is 0 Å². The molecule has 0 spiro atoms. The van der Waals surface area contributed by atoms with E-state index in [0.29, 0.717) is 12.5 Å². The Bertz CT molecular complexity index is 338. The monoisotopic (exact) mass is 173 g/mol. The number of hydrogen-bond donors (Lipinski definition) is 1. The van der Waals surface area contributed by atoms with Gasteiger partial charge < -0.3 is 5.32 Å². The minimum atomic E-state index is 0.370. The third-order valence-corrected chi connectivity index (χ3v) is 2.63. The highest BCUT2D eigenvalue weighted by Gasteiger charge is 2.21. The van der Waals surface area contributed by atoms with Crippen LogP contribution in [0.3, 0.4) is 0 Å². The fraction of sp³-hybridized carbons (Fsp3) is 0.364. The van der Waals surface area contributed by atoms with Crippen LogP contribution in [0.5, 0.6) is 0 Å². The van der Waals surface area contributed by atoms with Crippen molar-refractivity contribution in [2.45, 2.75) is 18.9 Å². The van der Waals surface area contributed by atoms with Crippen molar-refractivity contribution in [3.8, 4) is 6.07 Å². The zero-order valence-corrected chi connectivity index (χ0v) is 7.53. The summed E-state index contributed by atoms with van der Waals surface area (Å²) in [6.45, 7) is 1.11. The number of rotatable bonds is 1. The molecule has 1 aromatic carbocycles. The van der Waals surface area contributed by atoms with Gasteiger partial charge in [-0.15, -0.1) is 0 Å². The van der Waals surface area contributed by atoms with Crippen LogP contribution in [0, 0.1) is 11.3 Å². The van der Waals surface area contributed by atoms with Crippen molar-refractivity contribution < 1.29 is 5.32 Å². The Morgan fingerprint density at radius 3 is 3.15 bits per heavy atom. The number of nitriles is 1. The van der Waals surface area contributed by atoms with Crippen molar-refractivity contribution in [2.75, 3.05) is 6.54 Å². The van der Waals surface area contributed by atoms with Crippen LogP contribution in [-0.4, -0.2) is 6.54 Å². The molecule has 0 unspecified atom stereocenters. The van der Waals surface area contributed by atoms with E-state index in [1.54, 1.807) is 0 Å². The maximum absolute atomic E-state index is 8.67. The minimum Gasteiger partial charge on any atom is -0.339 e. The number of benzene rings is 1. The lowest BCUT2D eigenvalue weighted by molar-refractivity contribution is -0.698. The van der Waals surface area contributed by atoms with Gasteiger partial charge >= 0.3 is 0 Å². The molecular weight excluding hydrogens is 160 g/mol. The van der Waals surface area contributed by atoms with Gasteiger partial charge in [-0.25, -0.2) is 0 Å². The van der Waals surface area contributed by atoms with E-state index in [9.17, 15) is 0 Å². The van der Waals surface area contributed by atoms with Crippen LogP contribution in [0.1, 0.15) is 23.6 Å². The normalized spacial score (nSPS) is 20.4. The number of nitrogens with zero attached hydrogens (tertiary/aromatic N) is 1. The quantitative estimate of drug-likeness (QED) is 0.669. The second kappa shape index (κ2) is 3.59. The number of hydrogen-bond acceptors (Lipinski definition) is 1. The van der Waals surface area contributed by atoms with Gasteiger partial charge in [-0.2, -0.15) is 5.26 Å². The molecule has 0 saturated heterocycles. The maximum atomic E-state index is 8.67.